The van der Waals surface area contributed by atoms with Crippen molar-refractivity contribution in [2.24, 2.45) is 0 Å². The number of halogens is 2. The Bertz CT molecular complexity index is 1000. The lowest BCUT2D eigenvalue weighted by atomic mass is 10.1. The maximum atomic E-state index is 12.5. The number of aromatic nitrogens is 4. The number of hydrogen-bond acceptors (Lipinski definition) is 4. The van der Waals surface area contributed by atoms with E-state index >= 15 is 0 Å². The zero-order chi connectivity index (χ0) is 18.8. The molecule has 27 heavy (non-hydrogen) atoms. The molecule has 1 N–H and O–H groups in total. The topological polar surface area (TPSA) is 72.7 Å². The number of carbonyl (C=O) groups is 1. The largest absolute Gasteiger partial charge is 0.322 e. The number of hydrogen-bond donors (Lipinski definition) is 1. The Kier molecular flexibility index (Phi) is 5.22. The summed E-state index contributed by atoms with van der Waals surface area (Å²) in [6.45, 7) is 0.883. The molecule has 1 amide bonds. The minimum atomic E-state index is -0.239. The first-order valence-corrected chi connectivity index (χ1v) is 9.93. The van der Waals surface area contributed by atoms with E-state index in [-0.39, 0.29) is 5.91 Å². The molecule has 6 nitrogen and oxygen atoms in total. The highest BCUT2D eigenvalue weighted by Crippen LogP contribution is 2.31. The summed E-state index contributed by atoms with van der Waals surface area (Å²) in [4.78, 5) is 16.5. The van der Waals surface area contributed by atoms with Crippen LogP contribution in [0.4, 0.5) is 5.69 Å². The van der Waals surface area contributed by atoms with Crippen LogP contribution in [0.3, 0.4) is 0 Å². The first-order chi connectivity index (χ1) is 13.1. The fourth-order valence-corrected chi connectivity index (χ4v) is 3.76. The van der Waals surface area contributed by atoms with Crippen molar-refractivity contribution in [3.8, 4) is 11.4 Å². The Balaban J connectivity index is 1.64. The Morgan fingerprint density at radius 1 is 1.15 bits per heavy atom. The number of nitrogens with zero attached hydrogens (tertiary/aromatic N) is 4. The van der Waals surface area contributed by atoms with Gasteiger partial charge in [0.05, 0.1) is 10.6 Å². The van der Waals surface area contributed by atoms with Crippen LogP contribution in [0.5, 0.6) is 0 Å². The lowest BCUT2D eigenvalue weighted by Gasteiger charge is -2.11. The van der Waals surface area contributed by atoms with Gasteiger partial charge in [-0.3, -0.25) is 9.78 Å². The third-order valence-corrected chi connectivity index (χ3v) is 5.30. The van der Waals surface area contributed by atoms with Crippen molar-refractivity contribution in [1.29, 1.82) is 0 Å². The second-order valence-electron chi connectivity index (χ2n) is 6.44. The molecule has 0 aliphatic carbocycles. The van der Waals surface area contributed by atoms with Crippen molar-refractivity contribution in [2.45, 2.75) is 32.2 Å². The Labute approximate surface area is 170 Å². The van der Waals surface area contributed by atoms with E-state index in [0.717, 1.165) is 47.5 Å². The summed E-state index contributed by atoms with van der Waals surface area (Å²) < 4.78 is 2.89. The quantitative estimate of drug-likeness (QED) is 0.631. The molecule has 0 bridgehead atoms. The Morgan fingerprint density at radius 2 is 2.04 bits per heavy atom. The maximum Gasteiger partial charge on any atom is 0.257 e. The van der Waals surface area contributed by atoms with Gasteiger partial charge in [0, 0.05) is 41.1 Å². The predicted molar refractivity (Wildman–Crippen MR) is 108 cm³/mol. The molecular formula is C19H17BrClN5O. The van der Waals surface area contributed by atoms with Gasteiger partial charge in [-0.2, -0.15) is 0 Å². The van der Waals surface area contributed by atoms with Crippen LogP contribution < -0.4 is 5.32 Å². The molecule has 0 unspecified atom stereocenters. The van der Waals surface area contributed by atoms with Gasteiger partial charge in [0.2, 0.25) is 0 Å². The fraction of sp³-hybridized carbons (Fsp3) is 0.263. The van der Waals surface area contributed by atoms with Gasteiger partial charge in [-0.15, -0.1) is 10.2 Å². The Hall–Kier alpha value is -2.25. The standard InChI is InChI=1S/C19H17BrClN5O/c20-13-8-12(10-22-11-13)19(27)23-14-5-6-16(21)15(9-14)18-25-24-17-4-2-1-3-7-26(17)18/h5-6,8-11H,1-4,7H2,(H,23,27). The van der Waals surface area contributed by atoms with Gasteiger partial charge >= 0.3 is 0 Å². The summed E-state index contributed by atoms with van der Waals surface area (Å²) >= 11 is 9.76. The number of nitrogens with one attached hydrogen (secondary N) is 1. The zero-order valence-corrected chi connectivity index (χ0v) is 16.8. The maximum absolute atomic E-state index is 12.5. The first-order valence-electron chi connectivity index (χ1n) is 8.76. The van der Waals surface area contributed by atoms with Gasteiger partial charge in [-0.1, -0.05) is 18.0 Å². The van der Waals surface area contributed by atoms with Gasteiger partial charge in [0.1, 0.15) is 5.82 Å². The summed E-state index contributed by atoms with van der Waals surface area (Å²) in [7, 11) is 0. The number of fused-ring (bicyclic) bond motifs is 1. The normalized spacial score (nSPS) is 13.7. The molecule has 0 saturated heterocycles. The second kappa shape index (κ2) is 7.78. The molecule has 1 aliphatic rings. The van der Waals surface area contributed by atoms with E-state index in [9.17, 15) is 4.79 Å². The van der Waals surface area contributed by atoms with Crippen molar-refractivity contribution in [3.63, 3.8) is 0 Å². The molecule has 0 atom stereocenters. The predicted octanol–water partition coefficient (Wildman–Crippen LogP) is 4.73. The van der Waals surface area contributed by atoms with Crippen molar-refractivity contribution in [2.75, 3.05) is 5.32 Å². The molecule has 3 heterocycles. The molecule has 4 rings (SSSR count). The van der Waals surface area contributed by atoms with E-state index in [1.807, 2.05) is 6.07 Å². The van der Waals surface area contributed by atoms with Crippen LogP contribution in [-0.4, -0.2) is 25.7 Å². The third-order valence-electron chi connectivity index (χ3n) is 4.54. The van der Waals surface area contributed by atoms with E-state index in [1.165, 1.54) is 12.6 Å². The van der Waals surface area contributed by atoms with Crippen LogP contribution >= 0.6 is 27.5 Å². The highest BCUT2D eigenvalue weighted by atomic mass is 79.9. The molecule has 1 aromatic carbocycles. The summed E-state index contributed by atoms with van der Waals surface area (Å²) in [5.41, 5.74) is 1.88. The molecule has 8 heteroatoms. The molecule has 0 radical (unpaired) electrons. The first kappa shape index (κ1) is 18.1. The van der Waals surface area contributed by atoms with Gasteiger partial charge < -0.3 is 9.88 Å². The lowest BCUT2D eigenvalue weighted by Crippen LogP contribution is -2.12. The Morgan fingerprint density at radius 3 is 2.89 bits per heavy atom. The summed E-state index contributed by atoms with van der Waals surface area (Å²) in [5.74, 6) is 1.50. The average Bonchev–Trinajstić information content (AvgIpc) is 2.91. The number of rotatable bonds is 3. The van der Waals surface area contributed by atoms with Gasteiger partial charge in [-0.05, 0) is 53.0 Å². The molecule has 1 aliphatic heterocycles. The molecule has 0 fully saturated rings. The highest BCUT2D eigenvalue weighted by molar-refractivity contribution is 9.10. The van der Waals surface area contributed by atoms with E-state index in [1.54, 1.807) is 24.4 Å². The smallest absolute Gasteiger partial charge is 0.257 e. The highest BCUT2D eigenvalue weighted by Gasteiger charge is 2.18. The molecule has 3 aromatic rings. The van der Waals surface area contributed by atoms with Crippen molar-refractivity contribution < 1.29 is 4.79 Å². The van der Waals surface area contributed by atoms with Crippen LogP contribution in [0, 0.1) is 0 Å². The molecule has 0 saturated carbocycles. The lowest BCUT2D eigenvalue weighted by molar-refractivity contribution is 0.102. The number of carbonyl (C=O) groups excluding carboxylic acids is 1. The summed E-state index contributed by atoms with van der Waals surface area (Å²) in [5, 5.41) is 12.2. The average molecular weight is 447 g/mol. The van der Waals surface area contributed by atoms with Crippen molar-refractivity contribution in [1.82, 2.24) is 19.7 Å². The van der Waals surface area contributed by atoms with Crippen LogP contribution in [0.15, 0.2) is 41.1 Å². The molecule has 0 spiro atoms. The van der Waals surface area contributed by atoms with Crippen LogP contribution in [-0.2, 0) is 13.0 Å². The van der Waals surface area contributed by atoms with Gasteiger partial charge in [0.15, 0.2) is 5.82 Å². The SMILES string of the molecule is O=C(Nc1ccc(Cl)c(-c2nnc3n2CCCCC3)c1)c1cncc(Br)c1. The van der Waals surface area contributed by atoms with Gasteiger partial charge in [-0.25, -0.2) is 0 Å². The van der Waals surface area contributed by atoms with Crippen molar-refractivity contribution >= 4 is 39.1 Å². The van der Waals surface area contributed by atoms with Crippen LogP contribution in [0.1, 0.15) is 35.4 Å². The third kappa shape index (κ3) is 3.89. The zero-order valence-electron chi connectivity index (χ0n) is 14.5. The second-order valence-corrected chi connectivity index (χ2v) is 7.77. The minimum absolute atomic E-state index is 0.239. The van der Waals surface area contributed by atoms with E-state index in [4.69, 9.17) is 11.6 Å². The minimum Gasteiger partial charge on any atom is -0.322 e. The van der Waals surface area contributed by atoms with Crippen molar-refractivity contribution in [3.05, 3.63) is 57.5 Å². The fourth-order valence-electron chi connectivity index (χ4n) is 3.20. The number of aryl methyl sites for hydroxylation is 1. The monoisotopic (exact) mass is 445 g/mol. The molecule has 2 aromatic heterocycles. The molecular weight excluding hydrogens is 430 g/mol. The molecule has 138 valence electrons. The van der Waals surface area contributed by atoms with Crippen LogP contribution in [0.2, 0.25) is 5.02 Å². The van der Waals surface area contributed by atoms with Crippen LogP contribution in [0.25, 0.3) is 11.4 Å². The number of amides is 1. The summed E-state index contributed by atoms with van der Waals surface area (Å²) in [6, 6.07) is 7.10. The summed E-state index contributed by atoms with van der Waals surface area (Å²) in [6.07, 6.45) is 7.50. The van der Waals surface area contributed by atoms with E-state index in [0.29, 0.717) is 16.3 Å². The van der Waals surface area contributed by atoms with E-state index in [2.05, 4.69) is 41.0 Å². The van der Waals surface area contributed by atoms with Gasteiger partial charge in [0.25, 0.3) is 5.91 Å². The number of benzene rings is 1. The van der Waals surface area contributed by atoms with E-state index < -0.39 is 0 Å². The number of anilines is 1. The number of pyridine rings is 1.